The molecule has 1 aromatic rings. The number of anilines is 1. The minimum atomic E-state index is 0. The molecule has 5 heteroatoms. The van der Waals surface area contributed by atoms with Crippen molar-refractivity contribution in [2.45, 2.75) is 19.8 Å². The molecule has 1 saturated heterocycles. The van der Waals surface area contributed by atoms with Crippen LogP contribution in [0.15, 0.2) is 24.3 Å². The summed E-state index contributed by atoms with van der Waals surface area (Å²) >= 11 is 0. The first-order valence-electron chi connectivity index (χ1n) is 7.47. The minimum Gasteiger partial charge on any atom is -0.325 e. The lowest BCUT2D eigenvalue weighted by molar-refractivity contribution is -0.117. The summed E-state index contributed by atoms with van der Waals surface area (Å²) in [6, 6.07) is 8.07. The number of likely N-dealkylation sites (tertiary alicyclic amines) is 1. The van der Waals surface area contributed by atoms with Gasteiger partial charge in [-0.05, 0) is 56.6 Å². The average Bonchev–Trinajstić information content (AvgIpc) is 2.86. The fourth-order valence-electron chi connectivity index (χ4n) is 2.78. The Labute approximate surface area is 133 Å². The van der Waals surface area contributed by atoms with Crippen molar-refractivity contribution in [2.24, 2.45) is 5.92 Å². The highest BCUT2D eigenvalue weighted by molar-refractivity contribution is 5.92. The average molecular weight is 312 g/mol. The number of hydrogen-bond acceptors (Lipinski definition) is 3. The van der Waals surface area contributed by atoms with Gasteiger partial charge in [-0.3, -0.25) is 9.69 Å². The van der Waals surface area contributed by atoms with Crippen molar-refractivity contribution < 1.29 is 4.79 Å². The van der Waals surface area contributed by atoms with Gasteiger partial charge >= 0.3 is 0 Å². The van der Waals surface area contributed by atoms with Crippen LogP contribution in [0.5, 0.6) is 0 Å². The van der Waals surface area contributed by atoms with Gasteiger partial charge in [-0.25, -0.2) is 0 Å². The third kappa shape index (κ3) is 5.65. The monoisotopic (exact) mass is 311 g/mol. The van der Waals surface area contributed by atoms with Crippen molar-refractivity contribution in [1.82, 2.24) is 10.2 Å². The van der Waals surface area contributed by atoms with Crippen molar-refractivity contribution in [2.75, 3.05) is 38.5 Å². The van der Waals surface area contributed by atoms with E-state index in [0.717, 1.165) is 31.7 Å². The first-order chi connectivity index (χ1) is 9.71. The molecule has 0 bridgehead atoms. The van der Waals surface area contributed by atoms with Crippen LogP contribution in [0.4, 0.5) is 5.69 Å². The number of rotatable bonds is 6. The molecule has 0 aliphatic carbocycles. The molecule has 2 rings (SSSR count). The molecule has 2 N–H and O–H groups in total. The molecule has 0 spiro atoms. The van der Waals surface area contributed by atoms with Gasteiger partial charge in [-0.1, -0.05) is 19.1 Å². The Morgan fingerprint density at radius 2 is 2.24 bits per heavy atom. The van der Waals surface area contributed by atoms with Gasteiger partial charge in [0.05, 0.1) is 6.54 Å². The zero-order valence-electron chi connectivity index (χ0n) is 12.9. The third-order valence-electron chi connectivity index (χ3n) is 3.85. The largest absolute Gasteiger partial charge is 0.325 e. The summed E-state index contributed by atoms with van der Waals surface area (Å²) in [4.78, 5) is 14.3. The standard InChI is InChI=1S/C16H25N3O.ClH/c1-3-13-5-4-6-15(9-13)18-16(20)12-19-8-7-14(11-19)10-17-2;/h4-6,9,14,17H,3,7-8,10-12H2,1-2H3,(H,18,20);1H. The summed E-state index contributed by atoms with van der Waals surface area (Å²) < 4.78 is 0. The van der Waals surface area contributed by atoms with Crippen LogP contribution in [0.1, 0.15) is 18.9 Å². The number of aryl methyl sites for hydroxylation is 1. The molecule has 118 valence electrons. The van der Waals surface area contributed by atoms with E-state index in [1.807, 2.05) is 25.2 Å². The van der Waals surface area contributed by atoms with Crippen molar-refractivity contribution in [3.8, 4) is 0 Å². The molecular formula is C16H26ClN3O. The van der Waals surface area contributed by atoms with Crippen molar-refractivity contribution in [3.05, 3.63) is 29.8 Å². The van der Waals surface area contributed by atoms with Gasteiger partial charge in [-0.15, -0.1) is 12.4 Å². The van der Waals surface area contributed by atoms with E-state index in [4.69, 9.17) is 0 Å². The van der Waals surface area contributed by atoms with Crippen molar-refractivity contribution in [1.29, 1.82) is 0 Å². The highest BCUT2D eigenvalue weighted by atomic mass is 35.5. The summed E-state index contributed by atoms with van der Waals surface area (Å²) in [5.41, 5.74) is 2.15. The Morgan fingerprint density at radius 1 is 1.43 bits per heavy atom. The van der Waals surface area contributed by atoms with Crippen molar-refractivity contribution >= 4 is 24.0 Å². The Morgan fingerprint density at radius 3 is 2.95 bits per heavy atom. The smallest absolute Gasteiger partial charge is 0.238 e. The molecule has 1 amide bonds. The van der Waals surface area contributed by atoms with E-state index in [9.17, 15) is 4.79 Å². The number of nitrogens with one attached hydrogen (secondary N) is 2. The van der Waals surface area contributed by atoms with Gasteiger partial charge in [0, 0.05) is 12.2 Å². The first kappa shape index (κ1) is 18.0. The van der Waals surface area contributed by atoms with Crippen LogP contribution in [0.2, 0.25) is 0 Å². The quantitative estimate of drug-likeness (QED) is 0.846. The minimum absolute atomic E-state index is 0. The van der Waals surface area contributed by atoms with Gasteiger partial charge in [0.25, 0.3) is 0 Å². The predicted octanol–water partition coefficient (Wildman–Crippen LogP) is 2.15. The lowest BCUT2D eigenvalue weighted by atomic mass is 10.1. The maximum Gasteiger partial charge on any atom is 0.238 e. The van der Waals surface area contributed by atoms with Crippen LogP contribution in [0.25, 0.3) is 0 Å². The molecule has 1 atom stereocenters. The first-order valence-corrected chi connectivity index (χ1v) is 7.47. The fourth-order valence-corrected chi connectivity index (χ4v) is 2.78. The van der Waals surface area contributed by atoms with Gasteiger partial charge in [-0.2, -0.15) is 0 Å². The molecule has 4 nitrogen and oxygen atoms in total. The summed E-state index contributed by atoms with van der Waals surface area (Å²) in [6.45, 7) is 5.69. The second-order valence-electron chi connectivity index (χ2n) is 5.55. The van der Waals surface area contributed by atoms with Crippen molar-refractivity contribution in [3.63, 3.8) is 0 Å². The number of benzene rings is 1. The fraction of sp³-hybridized carbons (Fsp3) is 0.562. The Bertz CT molecular complexity index is 453. The zero-order valence-corrected chi connectivity index (χ0v) is 13.7. The Kier molecular flexibility index (Phi) is 7.72. The summed E-state index contributed by atoms with van der Waals surface area (Å²) in [5, 5.41) is 6.20. The zero-order chi connectivity index (χ0) is 14.4. The molecule has 0 aromatic heterocycles. The highest BCUT2D eigenvalue weighted by Crippen LogP contribution is 2.15. The maximum absolute atomic E-state index is 12.1. The third-order valence-corrected chi connectivity index (χ3v) is 3.85. The van der Waals surface area contributed by atoms with Crippen LogP contribution in [-0.4, -0.2) is 44.0 Å². The Hall–Kier alpha value is -1.10. The second-order valence-corrected chi connectivity index (χ2v) is 5.55. The Balaban J connectivity index is 0.00000220. The molecule has 21 heavy (non-hydrogen) atoms. The SMILES string of the molecule is CCc1cccc(NC(=O)CN2CCC(CNC)C2)c1.Cl. The molecule has 1 fully saturated rings. The number of carbonyl (C=O) groups excluding carboxylic acids is 1. The number of halogens is 1. The molecule has 0 radical (unpaired) electrons. The summed E-state index contributed by atoms with van der Waals surface area (Å²) in [7, 11) is 1.98. The van der Waals surface area contributed by atoms with E-state index in [1.54, 1.807) is 0 Å². The molecule has 1 aliphatic heterocycles. The normalized spacial score (nSPS) is 18.3. The number of carbonyl (C=O) groups is 1. The second kappa shape index (κ2) is 9.03. The van der Waals surface area contributed by atoms with E-state index in [-0.39, 0.29) is 18.3 Å². The lowest BCUT2D eigenvalue weighted by Gasteiger charge is -2.16. The van der Waals surface area contributed by atoms with E-state index in [0.29, 0.717) is 12.5 Å². The highest BCUT2D eigenvalue weighted by Gasteiger charge is 2.23. The van der Waals surface area contributed by atoms with Gasteiger partial charge in [0.2, 0.25) is 5.91 Å². The molecule has 1 unspecified atom stereocenters. The molecule has 1 aromatic carbocycles. The molecular weight excluding hydrogens is 286 g/mol. The van der Waals surface area contributed by atoms with Gasteiger partial charge in [0.15, 0.2) is 0 Å². The van der Waals surface area contributed by atoms with Crippen LogP contribution >= 0.6 is 12.4 Å². The maximum atomic E-state index is 12.1. The van der Waals surface area contributed by atoms with Crippen LogP contribution < -0.4 is 10.6 Å². The number of nitrogens with zero attached hydrogens (tertiary/aromatic N) is 1. The lowest BCUT2D eigenvalue weighted by Crippen LogP contribution is -2.32. The predicted molar refractivity (Wildman–Crippen MR) is 90.2 cm³/mol. The number of hydrogen-bond donors (Lipinski definition) is 2. The van der Waals surface area contributed by atoms with Gasteiger partial charge in [0.1, 0.15) is 0 Å². The van der Waals surface area contributed by atoms with E-state index in [1.165, 1.54) is 12.0 Å². The van der Waals surface area contributed by atoms with Gasteiger partial charge < -0.3 is 10.6 Å². The van der Waals surface area contributed by atoms with E-state index < -0.39 is 0 Å². The molecule has 1 heterocycles. The van der Waals surface area contributed by atoms with E-state index >= 15 is 0 Å². The summed E-state index contributed by atoms with van der Waals surface area (Å²) in [6.07, 6.45) is 2.17. The molecule has 1 aliphatic rings. The van der Waals surface area contributed by atoms with Crippen LogP contribution in [0, 0.1) is 5.92 Å². The molecule has 0 saturated carbocycles. The summed E-state index contributed by atoms with van der Waals surface area (Å²) in [5.74, 6) is 0.764. The number of amides is 1. The van der Waals surface area contributed by atoms with E-state index in [2.05, 4.69) is 28.5 Å². The van der Waals surface area contributed by atoms with Crippen LogP contribution in [-0.2, 0) is 11.2 Å². The van der Waals surface area contributed by atoms with Crippen LogP contribution in [0.3, 0.4) is 0 Å². The topological polar surface area (TPSA) is 44.4 Å².